The van der Waals surface area contributed by atoms with Gasteiger partial charge in [0.1, 0.15) is 0 Å². The number of carbonyl (C=O) groups is 1. The van der Waals surface area contributed by atoms with Crippen molar-refractivity contribution < 1.29 is 9.53 Å². The number of nitrogens with two attached hydrogens (primary N) is 1. The zero-order valence-corrected chi connectivity index (χ0v) is 12.0. The van der Waals surface area contributed by atoms with Crippen molar-refractivity contribution in [2.45, 2.75) is 51.9 Å². The number of carbonyl (C=O) groups excluding carboxylic acids is 1. The Kier molecular flexibility index (Phi) is 5.56. The summed E-state index contributed by atoms with van der Waals surface area (Å²) in [5.41, 5.74) is 5.28. The SMILES string of the molecule is CCCNC(CN1CC(C)OC(C)(C)C1)C(N)=O. The van der Waals surface area contributed by atoms with Crippen LogP contribution in [-0.2, 0) is 9.53 Å². The summed E-state index contributed by atoms with van der Waals surface area (Å²) in [6.07, 6.45) is 1.18. The molecular formula is C13H27N3O2. The van der Waals surface area contributed by atoms with Gasteiger partial charge in [-0.1, -0.05) is 6.92 Å². The molecule has 0 aromatic rings. The van der Waals surface area contributed by atoms with Crippen molar-refractivity contribution >= 4 is 5.91 Å². The molecular weight excluding hydrogens is 230 g/mol. The highest BCUT2D eigenvalue weighted by Crippen LogP contribution is 2.20. The van der Waals surface area contributed by atoms with E-state index in [1.807, 2.05) is 0 Å². The predicted molar refractivity (Wildman–Crippen MR) is 72.3 cm³/mol. The molecule has 0 radical (unpaired) electrons. The van der Waals surface area contributed by atoms with E-state index >= 15 is 0 Å². The first-order valence-electron chi connectivity index (χ1n) is 6.77. The summed E-state index contributed by atoms with van der Waals surface area (Å²) >= 11 is 0. The van der Waals surface area contributed by atoms with E-state index in [4.69, 9.17) is 10.5 Å². The van der Waals surface area contributed by atoms with Crippen molar-refractivity contribution in [3.8, 4) is 0 Å². The van der Waals surface area contributed by atoms with Crippen molar-refractivity contribution in [2.24, 2.45) is 5.73 Å². The van der Waals surface area contributed by atoms with E-state index in [9.17, 15) is 4.79 Å². The van der Waals surface area contributed by atoms with Crippen LogP contribution < -0.4 is 11.1 Å². The molecule has 0 saturated carbocycles. The number of rotatable bonds is 6. The summed E-state index contributed by atoms with van der Waals surface area (Å²) in [5.74, 6) is -0.277. The molecule has 18 heavy (non-hydrogen) atoms. The minimum absolute atomic E-state index is 0.162. The van der Waals surface area contributed by atoms with Crippen LogP contribution in [0.5, 0.6) is 0 Å². The highest BCUT2D eigenvalue weighted by Gasteiger charge is 2.32. The summed E-state index contributed by atoms with van der Waals surface area (Å²) in [5, 5.41) is 3.20. The zero-order valence-electron chi connectivity index (χ0n) is 12.0. The van der Waals surface area contributed by atoms with Gasteiger partial charge in [0, 0.05) is 19.6 Å². The average Bonchev–Trinajstić information content (AvgIpc) is 2.20. The number of amides is 1. The molecule has 5 nitrogen and oxygen atoms in total. The van der Waals surface area contributed by atoms with Crippen LogP contribution in [0.25, 0.3) is 0 Å². The third kappa shape index (κ3) is 4.92. The number of ether oxygens (including phenoxy) is 1. The number of nitrogens with zero attached hydrogens (tertiary/aromatic N) is 1. The highest BCUT2D eigenvalue weighted by atomic mass is 16.5. The van der Waals surface area contributed by atoms with Gasteiger partial charge in [0.2, 0.25) is 5.91 Å². The monoisotopic (exact) mass is 257 g/mol. The number of nitrogens with one attached hydrogen (secondary N) is 1. The molecule has 0 aromatic heterocycles. The minimum Gasteiger partial charge on any atom is -0.370 e. The topological polar surface area (TPSA) is 67.6 Å². The fourth-order valence-corrected chi connectivity index (χ4v) is 2.56. The first kappa shape index (κ1) is 15.4. The van der Waals surface area contributed by atoms with Gasteiger partial charge in [-0.3, -0.25) is 9.69 Å². The number of primary amides is 1. The van der Waals surface area contributed by atoms with Gasteiger partial charge in [-0.15, -0.1) is 0 Å². The maximum atomic E-state index is 11.4. The van der Waals surface area contributed by atoms with Gasteiger partial charge >= 0.3 is 0 Å². The standard InChI is InChI=1S/C13H27N3O2/c1-5-6-15-11(12(14)17)8-16-7-10(2)18-13(3,4)9-16/h10-11,15H,5-9H2,1-4H3,(H2,14,17). The first-order chi connectivity index (χ1) is 8.34. The van der Waals surface area contributed by atoms with E-state index in [0.29, 0.717) is 6.54 Å². The molecule has 2 unspecified atom stereocenters. The van der Waals surface area contributed by atoms with Gasteiger partial charge in [0.05, 0.1) is 17.7 Å². The van der Waals surface area contributed by atoms with Crippen LogP contribution in [0, 0.1) is 0 Å². The van der Waals surface area contributed by atoms with Crippen LogP contribution in [0.1, 0.15) is 34.1 Å². The maximum Gasteiger partial charge on any atom is 0.235 e. The van der Waals surface area contributed by atoms with Gasteiger partial charge in [-0.2, -0.15) is 0 Å². The Morgan fingerprint density at radius 2 is 2.28 bits per heavy atom. The van der Waals surface area contributed by atoms with Crippen molar-refractivity contribution in [1.82, 2.24) is 10.2 Å². The molecule has 0 spiro atoms. The van der Waals surface area contributed by atoms with E-state index in [2.05, 4.69) is 37.9 Å². The van der Waals surface area contributed by atoms with Crippen molar-refractivity contribution in [1.29, 1.82) is 0 Å². The second kappa shape index (κ2) is 6.50. The van der Waals surface area contributed by atoms with Crippen LogP contribution in [0.4, 0.5) is 0 Å². The van der Waals surface area contributed by atoms with Gasteiger partial charge in [-0.05, 0) is 33.7 Å². The highest BCUT2D eigenvalue weighted by molar-refractivity contribution is 5.80. The molecule has 1 aliphatic heterocycles. The molecule has 1 fully saturated rings. The molecule has 3 N–H and O–H groups in total. The molecule has 0 bridgehead atoms. The maximum absolute atomic E-state index is 11.4. The lowest BCUT2D eigenvalue weighted by Crippen LogP contribution is -2.57. The summed E-state index contributed by atoms with van der Waals surface area (Å²) in [7, 11) is 0. The summed E-state index contributed by atoms with van der Waals surface area (Å²) in [6, 6.07) is -0.272. The zero-order chi connectivity index (χ0) is 13.8. The lowest BCUT2D eigenvalue weighted by molar-refractivity contribution is -0.134. The Morgan fingerprint density at radius 1 is 1.61 bits per heavy atom. The van der Waals surface area contributed by atoms with Crippen molar-refractivity contribution in [3.63, 3.8) is 0 Å². The van der Waals surface area contributed by atoms with E-state index in [-0.39, 0.29) is 23.7 Å². The Morgan fingerprint density at radius 3 is 2.78 bits per heavy atom. The normalized spacial score (nSPS) is 25.9. The fourth-order valence-electron chi connectivity index (χ4n) is 2.56. The second-order valence-corrected chi connectivity index (χ2v) is 5.79. The summed E-state index contributed by atoms with van der Waals surface area (Å²) < 4.78 is 5.85. The summed E-state index contributed by atoms with van der Waals surface area (Å²) in [4.78, 5) is 13.7. The Balaban J connectivity index is 2.54. The van der Waals surface area contributed by atoms with Crippen LogP contribution >= 0.6 is 0 Å². The largest absolute Gasteiger partial charge is 0.370 e. The first-order valence-corrected chi connectivity index (χ1v) is 6.77. The van der Waals surface area contributed by atoms with Crippen LogP contribution in [0.2, 0.25) is 0 Å². The molecule has 1 aliphatic rings. The summed E-state index contributed by atoms with van der Waals surface area (Å²) in [6.45, 7) is 11.4. The average molecular weight is 257 g/mol. The lowest BCUT2D eigenvalue weighted by Gasteiger charge is -2.42. The van der Waals surface area contributed by atoms with Gasteiger partial charge in [-0.25, -0.2) is 0 Å². The van der Waals surface area contributed by atoms with E-state index in [1.165, 1.54) is 0 Å². The number of morpholine rings is 1. The smallest absolute Gasteiger partial charge is 0.235 e. The molecule has 0 aliphatic carbocycles. The lowest BCUT2D eigenvalue weighted by atomic mass is 10.0. The molecule has 5 heteroatoms. The van der Waals surface area contributed by atoms with Crippen LogP contribution in [0.15, 0.2) is 0 Å². The molecule has 1 heterocycles. The number of hydrogen-bond donors (Lipinski definition) is 2. The third-order valence-corrected chi connectivity index (χ3v) is 3.06. The van der Waals surface area contributed by atoms with E-state index in [1.54, 1.807) is 0 Å². The molecule has 2 atom stereocenters. The molecule has 1 rings (SSSR count). The fraction of sp³-hybridized carbons (Fsp3) is 0.923. The van der Waals surface area contributed by atoms with Crippen LogP contribution in [0.3, 0.4) is 0 Å². The quantitative estimate of drug-likeness (QED) is 0.720. The van der Waals surface area contributed by atoms with E-state index < -0.39 is 0 Å². The van der Waals surface area contributed by atoms with Crippen molar-refractivity contribution in [3.05, 3.63) is 0 Å². The number of hydrogen-bond acceptors (Lipinski definition) is 4. The van der Waals surface area contributed by atoms with Crippen LogP contribution in [-0.4, -0.2) is 54.7 Å². The van der Waals surface area contributed by atoms with Gasteiger partial charge in [0.25, 0.3) is 0 Å². The second-order valence-electron chi connectivity index (χ2n) is 5.79. The molecule has 106 valence electrons. The Hall–Kier alpha value is -0.650. The van der Waals surface area contributed by atoms with Crippen molar-refractivity contribution in [2.75, 3.05) is 26.2 Å². The third-order valence-electron chi connectivity index (χ3n) is 3.06. The molecule has 0 aromatic carbocycles. The van der Waals surface area contributed by atoms with Gasteiger partial charge < -0.3 is 15.8 Å². The molecule has 1 amide bonds. The minimum atomic E-state index is -0.277. The Bertz CT molecular complexity index is 281. The molecule has 1 saturated heterocycles. The Labute approximate surface area is 110 Å². The predicted octanol–water partition coefficient (Wildman–Crippen LogP) is 0.339. The van der Waals surface area contributed by atoms with Gasteiger partial charge in [0.15, 0.2) is 0 Å². The van der Waals surface area contributed by atoms with E-state index in [0.717, 1.165) is 26.1 Å².